The molecular formula is C11H7BrF3NO2. The molecule has 0 unspecified atom stereocenters. The average molecular weight is 322 g/mol. The summed E-state index contributed by atoms with van der Waals surface area (Å²) in [7, 11) is 0.995. The maximum atomic E-state index is 12.8. The summed E-state index contributed by atoms with van der Waals surface area (Å²) in [6.45, 7) is 0. The largest absolute Gasteiger partial charge is 0.465 e. The number of esters is 1. The molecule has 0 spiro atoms. The molecule has 0 atom stereocenters. The second kappa shape index (κ2) is 5.40. The molecule has 0 heterocycles. The first-order valence-electron chi connectivity index (χ1n) is 4.63. The van der Waals surface area contributed by atoms with Gasteiger partial charge >= 0.3 is 12.1 Å². The van der Waals surface area contributed by atoms with Crippen molar-refractivity contribution in [3.05, 3.63) is 34.4 Å². The topological polar surface area (TPSA) is 50.1 Å². The number of nitrogens with zero attached hydrogens (tertiary/aromatic N) is 1. The van der Waals surface area contributed by atoms with Gasteiger partial charge in [-0.05, 0) is 17.7 Å². The second-order valence-electron chi connectivity index (χ2n) is 3.29. The van der Waals surface area contributed by atoms with Crippen molar-refractivity contribution >= 4 is 21.9 Å². The van der Waals surface area contributed by atoms with Gasteiger partial charge in [-0.3, -0.25) is 0 Å². The fraction of sp³-hybridized carbons (Fsp3) is 0.273. The highest BCUT2D eigenvalue weighted by Crippen LogP contribution is 2.34. The number of benzene rings is 1. The van der Waals surface area contributed by atoms with E-state index < -0.39 is 23.3 Å². The number of hydrogen-bond acceptors (Lipinski definition) is 3. The van der Waals surface area contributed by atoms with Gasteiger partial charge in [0.05, 0.1) is 29.9 Å². The predicted octanol–water partition coefficient (Wildman–Crippen LogP) is 3.26. The molecule has 18 heavy (non-hydrogen) atoms. The van der Waals surface area contributed by atoms with Gasteiger partial charge in [-0.2, -0.15) is 18.4 Å². The molecule has 0 amide bonds. The Morgan fingerprint density at radius 3 is 2.50 bits per heavy atom. The van der Waals surface area contributed by atoms with Crippen LogP contribution < -0.4 is 0 Å². The summed E-state index contributed by atoms with van der Waals surface area (Å²) < 4.78 is 42.6. The van der Waals surface area contributed by atoms with Gasteiger partial charge in [0.25, 0.3) is 0 Å². The van der Waals surface area contributed by atoms with Gasteiger partial charge in [0, 0.05) is 5.33 Å². The van der Waals surface area contributed by atoms with Gasteiger partial charge in [-0.25, -0.2) is 4.79 Å². The molecule has 3 nitrogen and oxygen atoms in total. The molecule has 0 aliphatic carbocycles. The Balaban J connectivity index is 3.58. The lowest BCUT2D eigenvalue weighted by Gasteiger charge is -2.13. The van der Waals surface area contributed by atoms with Crippen LogP contribution in [0.25, 0.3) is 0 Å². The molecule has 1 rings (SSSR count). The molecular weight excluding hydrogens is 315 g/mol. The summed E-state index contributed by atoms with van der Waals surface area (Å²) >= 11 is 3.04. The first kappa shape index (κ1) is 14.5. The third kappa shape index (κ3) is 2.82. The van der Waals surface area contributed by atoms with Gasteiger partial charge in [-0.15, -0.1) is 0 Å². The van der Waals surface area contributed by atoms with E-state index in [2.05, 4.69) is 20.7 Å². The van der Waals surface area contributed by atoms with Crippen molar-refractivity contribution in [2.24, 2.45) is 0 Å². The van der Waals surface area contributed by atoms with E-state index in [0.717, 1.165) is 13.2 Å². The first-order chi connectivity index (χ1) is 8.35. The van der Waals surface area contributed by atoms with Crippen molar-refractivity contribution in [3.63, 3.8) is 0 Å². The Morgan fingerprint density at radius 2 is 2.11 bits per heavy atom. The van der Waals surface area contributed by atoms with E-state index in [9.17, 15) is 18.0 Å². The third-order valence-corrected chi connectivity index (χ3v) is 2.82. The van der Waals surface area contributed by atoms with Gasteiger partial charge < -0.3 is 4.74 Å². The number of hydrogen-bond donors (Lipinski definition) is 0. The van der Waals surface area contributed by atoms with Gasteiger partial charge in [0.15, 0.2) is 0 Å². The molecule has 0 bridgehead atoms. The minimum absolute atomic E-state index is 0.133. The maximum Gasteiger partial charge on any atom is 0.417 e. The van der Waals surface area contributed by atoms with E-state index in [1.165, 1.54) is 0 Å². The number of nitriles is 1. The molecule has 7 heteroatoms. The minimum Gasteiger partial charge on any atom is -0.465 e. The first-order valence-corrected chi connectivity index (χ1v) is 5.75. The summed E-state index contributed by atoms with van der Waals surface area (Å²) in [5.41, 5.74) is -1.60. The predicted molar refractivity (Wildman–Crippen MR) is 60.1 cm³/mol. The number of rotatable bonds is 2. The number of carbonyl (C=O) groups is 1. The molecule has 0 fully saturated rings. The second-order valence-corrected chi connectivity index (χ2v) is 3.85. The summed E-state index contributed by atoms with van der Waals surface area (Å²) in [6, 6.07) is 3.33. The van der Waals surface area contributed by atoms with E-state index in [0.29, 0.717) is 11.6 Å². The Labute approximate surface area is 109 Å². The van der Waals surface area contributed by atoms with Crippen LogP contribution in [-0.2, 0) is 16.2 Å². The van der Waals surface area contributed by atoms with Gasteiger partial charge in [0.1, 0.15) is 0 Å². The average Bonchev–Trinajstić information content (AvgIpc) is 2.34. The van der Waals surface area contributed by atoms with Crippen LogP contribution in [0.4, 0.5) is 13.2 Å². The molecule has 0 aliphatic heterocycles. The standard InChI is InChI=1S/C11H7BrF3NO2/c1-18-10(17)8-2-6(4-12)7(5-16)3-9(8)11(13,14)15/h2-3H,4H2,1H3. The monoisotopic (exact) mass is 321 g/mol. The number of halogens is 4. The van der Waals surface area contributed by atoms with E-state index in [1.54, 1.807) is 6.07 Å². The van der Waals surface area contributed by atoms with Gasteiger partial charge in [0.2, 0.25) is 0 Å². The number of carbonyl (C=O) groups excluding carboxylic acids is 1. The van der Waals surface area contributed by atoms with Crippen LogP contribution in [0.3, 0.4) is 0 Å². The Morgan fingerprint density at radius 1 is 1.50 bits per heavy atom. The molecule has 0 radical (unpaired) electrons. The zero-order chi connectivity index (χ0) is 13.9. The summed E-state index contributed by atoms with van der Waals surface area (Å²) in [6.07, 6.45) is -4.72. The van der Waals surface area contributed by atoms with Crippen molar-refractivity contribution in [3.8, 4) is 6.07 Å². The highest BCUT2D eigenvalue weighted by molar-refractivity contribution is 9.08. The quantitative estimate of drug-likeness (QED) is 0.620. The van der Waals surface area contributed by atoms with Crippen LogP contribution in [0.2, 0.25) is 0 Å². The number of alkyl halides is 4. The Bertz CT molecular complexity index is 520. The van der Waals surface area contributed by atoms with Crippen LogP contribution in [0, 0.1) is 11.3 Å². The van der Waals surface area contributed by atoms with E-state index >= 15 is 0 Å². The Kier molecular flexibility index (Phi) is 4.35. The molecule has 0 saturated carbocycles. The van der Waals surface area contributed by atoms with Crippen LogP contribution in [0.1, 0.15) is 27.0 Å². The molecule has 0 aromatic heterocycles. The van der Waals surface area contributed by atoms with Crippen molar-refractivity contribution < 1.29 is 22.7 Å². The molecule has 1 aromatic carbocycles. The lowest BCUT2D eigenvalue weighted by Crippen LogP contribution is -2.15. The molecule has 1 aromatic rings. The zero-order valence-electron chi connectivity index (χ0n) is 9.14. The van der Waals surface area contributed by atoms with E-state index in [4.69, 9.17) is 5.26 Å². The van der Waals surface area contributed by atoms with Crippen molar-refractivity contribution in [2.45, 2.75) is 11.5 Å². The summed E-state index contributed by atoms with van der Waals surface area (Å²) in [4.78, 5) is 11.3. The lowest BCUT2D eigenvalue weighted by molar-refractivity contribution is -0.138. The normalized spacial score (nSPS) is 10.9. The van der Waals surface area contributed by atoms with Crippen molar-refractivity contribution in [1.82, 2.24) is 0 Å². The Hall–Kier alpha value is -1.55. The molecule has 0 N–H and O–H groups in total. The fourth-order valence-electron chi connectivity index (χ4n) is 1.37. The number of methoxy groups -OCH3 is 1. The summed E-state index contributed by atoms with van der Waals surface area (Å²) in [5.74, 6) is -1.09. The van der Waals surface area contributed by atoms with Crippen LogP contribution >= 0.6 is 15.9 Å². The lowest BCUT2D eigenvalue weighted by atomic mass is 9.99. The van der Waals surface area contributed by atoms with Crippen LogP contribution in [-0.4, -0.2) is 13.1 Å². The zero-order valence-corrected chi connectivity index (χ0v) is 10.7. The molecule has 0 saturated heterocycles. The summed E-state index contributed by atoms with van der Waals surface area (Å²) in [5, 5.41) is 8.94. The number of ether oxygens (including phenoxy) is 1. The maximum absolute atomic E-state index is 12.8. The van der Waals surface area contributed by atoms with Crippen LogP contribution in [0.15, 0.2) is 12.1 Å². The minimum atomic E-state index is -4.72. The smallest absolute Gasteiger partial charge is 0.417 e. The molecule has 96 valence electrons. The van der Waals surface area contributed by atoms with E-state index in [-0.39, 0.29) is 10.9 Å². The SMILES string of the molecule is COC(=O)c1cc(CBr)c(C#N)cc1C(F)(F)F. The fourth-order valence-corrected chi connectivity index (χ4v) is 1.84. The molecule has 0 aliphatic rings. The van der Waals surface area contributed by atoms with E-state index in [1.807, 2.05) is 0 Å². The highest BCUT2D eigenvalue weighted by Gasteiger charge is 2.36. The third-order valence-electron chi connectivity index (χ3n) is 2.22. The van der Waals surface area contributed by atoms with Crippen LogP contribution in [0.5, 0.6) is 0 Å². The van der Waals surface area contributed by atoms with Crippen molar-refractivity contribution in [1.29, 1.82) is 5.26 Å². The van der Waals surface area contributed by atoms with Gasteiger partial charge in [-0.1, -0.05) is 15.9 Å². The van der Waals surface area contributed by atoms with Crippen molar-refractivity contribution in [2.75, 3.05) is 7.11 Å². The highest BCUT2D eigenvalue weighted by atomic mass is 79.9.